The van der Waals surface area contributed by atoms with Crippen LogP contribution in [0.1, 0.15) is 40.5 Å². The predicted molar refractivity (Wildman–Crippen MR) is 121 cm³/mol. The SMILES string of the molecule is CCN(CC)CCN(CC(C)C)C(=O)CCNS(=O)(=O)c1ccc2c(c1)OCCCO2. The number of likely N-dealkylation sites (N-methyl/N-ethyl adjacent to an activating group) is 1. The van der Waals surface area contributed by atoms with Crippen LogP contribution in [0.3, 0.4) is 0 Å². The summed E-state index contributed by atoms with van der Waals surface area (Å²) in [4.78, 5) is 17.0. The van der Waals surface area contributed by atoms with Gasteiger partial charge in [0.2, 0.25) is 15.9 Å². The molecule has 0 radical (unpaired) electrons. The molecule has 1 aromatic rings. The number of ether oxygens (including phenoxy) is 2. The van der Waals surface area contributed by atoms with Crippen LogP contribution in [0.4, 0.5) is 0 Å². The number of carbonyl (C=O) groups is 1. The number of sulfonamides is 1. The van der Waals surface area contributed by atoms with E-state index in [9.17, 15) is 13.2 Å². The summed E-state index contributed by atoms with van der Waals surface area (Å²) in [6, 6.07) is 4.57. The Bertz CT molecular complexity index is 809. The quantitative estimate of drug-likeness (QED) is 0.521. The zero-order valence-electron chi connectivity index (χ0n) is 19.2. The Balaban J connectivity index is 1.94. The van der Waals surface area contributed by atoms with Crippen molar-refractivity contribution in [3.8, 4) is 11.5 Å². The third kappa shape index (κ3) is 7.97. The number of nitrogens with one attached hydrogen (secondary N) is 1. The maximum atomic E-state index is 12.8. The largest absolute Gasteiger partial charge is 0.490 e. The van der Waals surface area contributed by atoms with Crippen LogP contribution in [0.15, 0.2) is 23.1 Å². The molecule has 0 saturated heterocycles. The van der Waals surface area contributed by atoms with Gasteiger partial charge < -0.3 is 19.3 Å². The smallest absolute Gasteiger partial charge is 0.240 e. The predicted octanol–water partition coefficient (Wildman–Crippen LogP) is 2.34. The summed E-state index contributed by atoms with van der Waals surface area (Å²) in [6.07, 6.45) is 0.868. The summed E-state index contributed by atoms with van der Waals surface area (Å²) in [6.45, 7) is 13.4. The minimum atomic E-state index is -3.75. The lowest BCUT2D eigenvalue weighted by Crippen LogP contribution is -2.41. The Morgan fingerprint density at radius 2 is 1.77 bits per heavy atom. The van der Waals surface area contributed by atoms with E-state index in [2.05, 4.69) is 37.3 Å². The van der Waals surface area contributed by atoms with E-state index < -0.39 is 10.0 Å². The molecule has 2 rings (SSSR count). The molecule has 0 atom stereocenters. The lowest BCUT2D eigenvalue weighted by atomic mass is 10.2. The molecule has 1 aliphatic heterocycles. The van der Waals surface area contributed by atoms with Gasteiger partial charge in [-0.2, -0.15) is 0 Å². The van der Waals surface area contributed by atoms with Gasteiger partial charge >= 0.3 is 0 Å². The first-order chi connectivity index (χ1) is 14.8. The first kappa shape index (κ1) is 25.4. The van der Waals surface area contributed by atoms with Crippen LogP contribution >= 0.6 is 0 Å². The second-order valence-electron chi connectivity index (χ2n) is 8.07. The van der Waals surface area contributed by atoms with Crippen molar-refractivity contribution < 1.29 is 22.7 Å². The van der Waals surface area contributed by atoms with Crippen molar-refractivity contribution >= 4 is 15.9 Å². The Morgan fingerprint density at radius 3 is 2.42 bits per heavy atom. The third-order valence-corrected chi connectivity index (χ3v) is 6.64. The van der Waals surface area contributed by atoms with Gasteiger partial charge in [-0.3, -0.25) is 4.79 Å². The highest BCUT2D eigenvalue weighted by Crippen LogP contribution is 2.31. The van der Waals surface area contributed by atoms with Crippen molar-refractivity contribution in [2.24, 2.45) is 5.92 Å². The first-order valence-corrected chi connectivity index (χ1v) is 12.6. The zero-order valence-corrected chi connectivity index (χ0v) is 20.0. The van der Waals surface area contributed by atoms with Crippen LogP contribution < -0.4 is 14.2 Å². The van der Waals surface area contributed by atoms with Crippen molar-refractivity contribution in [2.45, 2.75) is 45.4 Å². The molecule has 0 fully saturated rings. The van der Waals surface area contributed by atoms with Gasteiger partial charge in [-0.1, -0.05) is 27.7 Å². The van der Waals surface area contributed by atoms with E-state index in [1.165, 1.54) is 12.1 Å². The normalized spacial score (nSPS) is 14.0. The zero-order chi connectivity index (χ0) is 22.9. The second kappa shape index (κ2) is 12.3. The molecule has 1 aromatic carbocycles. The summed E-state index contributed by atoms with van der Waals surface area (Å²) >= 11 is 0. The second-order valence-corrected chi connectivity index (χ2v) is 9.83. The molecule has 1 amide bonds. The molecule has 1 aliphatic rings. The van der Waals surface area contributed by atoms with Gasteiger partial charge in [-0.05, 0) is 31.1 Å². The maximum absolute atomic E-state index is 12.8. The number of amides is 1. The molecule has 176 valence electrons. The lowest BCUT2D eigenvalue weighted by Gasteiger charge is -2.28. The van der Waals surface area contributed by atoms with Crippen LogP contribution in [0.5, 0.6) is 11.5 Å². The molecule has 0 spiro atoms. The fourth-order valence-corrected chi connectivity index (χ4v) is 4.45. The summed E-state index contributed by atoms with van der Waals surface area (Å²) in [5, 5.41) is 0. The molecule has 0 saturated carbocycles. The third-order valence-electron chi connectivity index (χ3n) is 5.18. The molecule has 8 nitrogen and oxygen atoms in total. The summed E-state index contributed by atoms with van der Waals surface area (Å²) in [7, 11) is -3.75. The molecular formula is C22H37N3O5S. The number of benzene rings is 1. The Morgan fingerprint density at radius 1 is 1.10 bits per heavy atom. The van der Waals surface area contributed by atoms with Crippen molar-refractivity contribution in [2.75, 3.05) is 52.5 Å². The minimum absolute atomic E-state index is 0.0396. The standard InChI is InChI=1S/C22H37N3O5S/c1-5-24(6-2)12-13-25(17-18(3)4)22(26)10-11-23-31(27,28)19-8-9-20-21(16-19)30-15-7-14-29-20/h8-9,16,18,23H,5-7,10-15,17H2,1-4H3. The van der Waals surface area contributed by atoms with E-state index in [1.807, 2.05) is 4.90 Å². The highest BCUT2D eigenvalue weighted by Gasteiger charge is 2.20. The molecule has 1 N–H and O–H groups in total. The summed E-state index contributed by atoms with van der Waals surface area (Å²) in [5.74, 6) is 1.28. The Labute approximate surface area is 186 Å². The van der Waals surface area contributed by atoms with Crippen molar-refractivity contribution in [3.63, 3.8) is 0 Å². The van der Waals surface area contributed by atoms with E-state index in [1.54, 1.807) is 6.07 Å². The molecule has 31 heavy (non-hydrogen) atoms. The topological polar surface area (TPSA) is 88.2 Å². The van der Waals surface area contributed by atoms with Gasteiger partial charge in [0.05, 0.1) is 18.1 Å². The van der Waals surface area contributed by atoms with Gasteiger partial charge in [-0.25, -0.2) is 13.1 Å². The fraction of sp³-hybridized carbons (Fsp3) is 0.682. The molecule has 0 aromatic heterocycles. The number of carbonyl (C=O) groups excluding carboxylic acids is 1. The molecular weight excluding hydrogens is 418 g/mol. The van der Waals surface area contributed by atoms with Gasteiger partial charge in [0, 0.05) is 45.1 Å². The number of rotatable bonds is 12. The van der Waals surface area contributed by atoms with Crippen molar-refractivity contribution in [1.29, 1.82) is 0 Å². The van der Waals surface area contributed by atoms with Crippen LogP contribution in [-0.4, -0.2) is 76.6 Å². The van der Waals surface area contributed by atoms with Gasteiger partial charge in [0.25, 0.3) is 0 Å². The molecule has 0 bridgehead atoms. The molecule has 0 unspecified atom stereocenters. The maximum Gasteiger partial charge on any atom is 0.240 e. The van der Waals surface area contributed by atoms with Gasteiger partial charge in [0.1, 0.15) is 0 Å². The summed E-state index contributed by atoms with van der Waals surface area (Å²) in [5.41, 5.74) is 0. The molecule has 1 heterocycles. The lowest BCUT2D eigenvalue weighted by molar-refractivity contribution is -0.131. The van der Waals surface area contributed by atoms with E-state index in [0.29, 0.717) is 43.7 Å². The highest BCUT2D eigenvalue weighted by atomic mass is 32.2. The van der Waals surface area contributed by atoms with E-state index >= 15 is 0 Å². The van der Waals surface area contributed by atoms with Crippen LogP contribution in [0, 0.1) is 5.92 Å². The number of hydrogen-bond donors (Lipinski definition) is 1. The Kier molecular flexibility index (Phi) is 10.1. The first-order valence-electron chi connectivity index (χ1n) is 11.2. The number of nitrogens with zero attached hydrogens (tertiary/aromatic N) is 2. The van der Waals surface area contributed by atoms with Crippen LogP contribution in [0.2, 0.25) is 0 Å². The van der Waals surface area contributed by atoms with E-state index in [0.717, 1.165) is 26.1 Å². The van der Waals surface area contributed by atoms with Gasteiger partial charge in [0.15, 0.2) is 11.5 Å². The summed E-state index contributed by atoms with van der Waals surface area (Å²) < 4.78 is 39.0. The van der Waals surface area contributed by atoms with Crippen LogP contribution in [-0.2, 0) is 14.8 Å². The van der Waals surface area contributed by atoms with E-state index in [4.69, 9.17) is 9.47 Å². The van der Waals surface area contributed by atoms with Crippen LogP contribution in [0.25, 0.3) is 0 Å². The molecule has 0 aliphatic carbocycles. The van der Waals surface area contributed by atoms with Crippen molar-refractivity contribution in [3.05, 3.63) is 18.2 Å². The number of hydrogen-bond acceptors (Lipinski definition) is 6. The monoisotopic (exact) mass is 455 g/mol. The number of fused-ring (bicyclic) bond motifs is 1. The average molecular weight is 456 g/mol. The van der Waals surface area contributed by atoms with Gasteiger partial charge in [-0.15, -0.1) is 0 Å². The fourth-order valence-electron chi connectivity index (χ4n) is 3.41. The highest BCUT2D eigenvalue weighted by molar-refractivity contribution is 7.89. The molecule has 9 heteroatoms. The van der Waals surface area contributed by atoms with Crippen molar-refractivity contribution in [1.82, 2.24) is 14.5 Å². The van der Waals surface area contributed by atoms with E-state index in [-0.39, 0.29) is 23.8 Å². The Hall–Kier alpha value is -1.84. The average Bonchev–Trinajstić information content (AvgIpc) is 2.98. The minimum Gasteiger partial charge on any atom is -0.490 e.